The number of hydrogen-bond donors (Lipinski definition) is 0. The summed E-state index contributed by atoms with van der Waals surface area (Å²) in [6, 6.07) is 2.09. The first-order valence-electron chi connectivity index (χ1n) is 7.38. The number of carbonyl (C=O) groups is 1. The molecule has 1 heterocycles. The van der Waals surface area contributed by atoms with Crippen molar-refractivity contribution in [2.45, 2.75) is 71.4 Å². The van der Waals surface area contributed by atoms with E-state index >= 15 is 0 Å². The van der Waals surface area contributed by atoms with Gasteiger partial charge < -0.3 is 4.12 Å². The molecular formula is C14H30O2Si2. The number of Topliss-reactive ketones (excluding diaryl/α,β-unsaturated/α-hetero) is 1. The van der Waals surface area contributed by atoms with Crippen LogP contribution in [0.2, 0.25) is 38.3 Å². The number of ketones is 1. The topological polar surface area (TPSA) is 26.3 Å². The molecule has 1 aliphatic rings. The molecule has 1 rings (SSSR count). The van der Waals surface area contributed by atoms with Crippen LogP contribution < -0.4 is 0 Å². The van der Waals surface area contributed by atoms with Gasteiger partial charge in [-0.05, 0) is 50.6 Å². The van der Waals surface area contributed by atoms with Crippen LogP contribution in [0.1, 0.15) is 33.1 Å². The smallest absolute Gasteiger partial charge is 0.174 e. The van der Waals surface area contributed by atoms with Crippen LogP contribution in [0, 0.1) is 11.8 Å². The summed E-state index contributed by atoms with van der Waals surface area (Å²) < 4.78 is 6.31. The maximum absolute atomic E-state index is 12.4. The fourth-order valence-corrected chi connectivity index (χ4v) is 13.2. The van der Waals surface area contributed by atoms with Gasteiger partial charge in [0.05, 0.1) is 0 Å². The van der Waals surface area contributed by atoms with E-state index in [-0.39, 0.29) is 0 Å². The fraction of sp³-hybridized carbons (Fsp3) is 0.929. The average molecular weight is 287 g/mol. The monoisotopic (exact) mass is 286 g/mol. The first-order valence-corrected chi connectivity index (χ1v) is 13.6. The summed E-state index contributed by atoms with van der Waals surface area (Å²) in [6.07, 6.45) is 3.03. The van der Waals surface area contributed by atoms with Crippen LogP contribution in [0.3, 0.4) is 0 Å². The van der Waals surface area contributed by atoms with Crippen LogP contribution in [0.5, 0.6) is 0 Å². The minimum Gasteiger partial charge on any atom is -0.455 e. The van der Waals surface area contributed by atoms with E-state index in [4.69, 9.17) is 4.12 Å². The van der Waals surface area contributed by atoms with Crippen molar-refractivity contribution in [1.29, 1.82) is 0 Å². The van der Waals surface area contributed by atoms with Crippen molar-refractivity contribution in [1.82, 2.24) is 0 Å². The zero-order chi connectivity index (χ0) is 14.0. The van der Waals surface area contributed by atoms with Crippen molar-refractivity contribution in [3.05, 3.63) is 0 Å². The average Bonchev–Trinajstić information content (AvgIpc) is 2.20. The molecule has 0 saturated carbocycles. The van der Waals surface area contributed by atoms with Gasteiger partial charge in [0.1, 0.15) is 5.78 Å². The third-order valence-electron chi connectivity index (χ3n) is 4.06. The van der Waals surface area contributed by atoms with Crippen molar-refractivity contribution in [2.24, 2.45) is 11.8 Å². The van der Waals surface area contributed by atoms with Gasteiger partial charge >= 0.3 is 0 Å². The molecule has 0 aromatic rings. The van der Waals surface area contributed by atoms with Gasteiger partial charge in [0, 0.05) is 12.3 Å². The molecule has 0 N–H and O–H groups in total. The fourth-order valence-electron chi connectivity index (χ4n) is 3.11. The summed E-state index contributed by atoms with van der Waals surface area (Å²) in [5.74, 6) is 1.51. The van der Waals surface area contributed by atoms with Crippen LogP contribution in [-0.2, 0) is 8.91 Å². The first kappa shape index (κ1) is 16.1. The molecule has 0 radical (unpaired) electrons. The molecule has 0 aliphatic carbocycles. The van der Waals surface area contributed by atoms with Crippen molar-refractivity contribution >= 4 is 22.4 Å². The third kappa shape index (κ3) is 4.98. The molecular weight excluding hydrogens is 256 g/mol. The lowest BCUT2D eigenvalue weighted by Crippen LogP contribution is -2.52. The molecule has 0 bridgehead atoms. The normalized spacial score (nSPS) is 24.8. The van der Waals surface area contributed by atoms with E-state index in [1.54, 1.807) is 0 Å². The summed E-state index contributed by atoms with van der Waals surface area (Å²) in [5.41, 5.74) is 0. The lowest BCUT2D eigenvalue weighted by molar-refractivity contribution is -0.122. The standard InChI is InChI=1S/C14H30O2Si2/c1-7-12(2)8-9-14(15)13-10-17(3,4)16-18(5,6)11-13/h12-13H,7-11H2,1-6H3. The van der Waals surface area contributed by atoms with Crippen LogP contribution >= 0.6 is 0 Å². The van der Waals surface area contributed by atoms with Crippen LogP contribution in [-0.4, -0.2) is 22.4 Å². The quantitative estimate of drug-likeness (QED) is 0.698. The maximum atomic E-state index is 12.4. The van der Waals surface area contributed by atoms with Gasteiger partial charge in [-0.25, -0.2) is 0 Å². The van der Waals surface area contributed by atoms with Gasteiger partial charge in [-0.15, -0.1) is 0 Å². The number of rotatable bonds is 5. The van der Waals surface area contributed by atoms with Gasteiger partial charge in [0.2, 0.25) is 0 Å². The summed E-state index contributed by atoms with van der Waals surface area (Å²) in [7, 11) is -3.15. The molecule has 1 atom stereocenters. The lowest BCUT2D eigenvalue weighted by Gasteiger charge is -2.43. The minimum absolute atomic E-state index is 0.311. The van der Waals surface area contributed by atoms with Gasteiger partial charge in [0.25, 0.3) is 0 Å². The van der Waals surface area contributed by atoms with E-state index in [9.17, 15) is 4.79 Å². The second kappa shape index (κ2) is 6.01. The zero-order valence-electron chi connectivity index (χ0n) is 13.0. The highest BCUT2D eigenvalue weighted by molar-refractivity contribution is 6.86. The Labute approximate surface area is 115 Å². The maximum Gasteiger partial charge on any atom is 0.174 e. The van der Waals surface area contributed by atoms with Crippen LogP contribution in [0.15, 0.2) is 0 Å². The van der Waals surface area contributed by atoms with E-state index < -0.39 is 16.6 Å². The van der Waals surface area contributed by atoms with Crippen molar-refractivity contribution < 1.29 is 8.91 Å². The molecule has 1 fully saturated rings. The molecule has 2 nitrogen and oxygen atoms in total. The molecule has 0 amide bonds. The molecule has 4 heteroatoms. The Morgan fingerprint density at radius 3 is 2.17 bits per heavy atom. The van der Waals surface area contributed by atoms with Crippen LogP contribution in [0.25, 0.3) is 0 Å². The highest BCUT2D eigenvalue weighted by atomic mass is 28.4. The Hall–Kier alpha value is 0.0638. The highest BCUT2D eigenvalue weighted by Crippen LogP contribution is 2.36. The number of hydrogen-bond acceptors (Lipinski definition) is 2. The first-order chi connectivity index (χ1) is 8.15. The molecule has 18 heavy (non-hydrogen) atoms. The predicted molar refractivity (Wildman–Crippen MR) is 82.8 cm³/mol. The van der Waals surface area contributed by atoms with Crippen molar-refractivity contribution in [3.8, 4) is 0 Å². The van der Waals surface area contributed by atoms with Crippen LogP contribution in [0.4, 0.5) is 0 Å². The van der Waals surface area contributed by atoms with E-state index in [1.165, 1.54) is 6.42 Å². The Morgan fingerprint density at radius 2 is 1.72 bits per heavy atom. The van der Waals surface area contributed by atoms with E-state index in [0.717, 1.165) is 24.9 Å². The molecule has 1 saturated heterocycles. The van der Waals surface area contributed by atoms with E-state index in [2.05, 4.69) is 40.0 Å². The lowest BCUT2D eigenvalue weighted by atomic mass is 9.97. The van der Waals surface area contributed by atoms with E-state index in [1.807, 2.05) is 0 Å². The molecule has 1 unspecified atom stereocenters. The summed E-state index contributed by atoms with van der Waals surface area (Å²) in [5, 5.41) is 0. The molecule has 1 aliphatic heterocycles. The Kier molecular flexibility index (Phi) is 5.38. The zero-order valence-corrected chi connectivity index (χ0v) is 15.0. The number of carbonyl (C=O) groups excluding carboxylic acids is 1. The highest BCUT2D eigenvalue weighted by Gasteiger charge is 2.44. The molecule has 106 valence electrons. The summed E-state index contributed by atoms with van der Waals surface area (Å²) >= 11 is 0. The molecule has 0 aromatic heterocycles. The Morgan fingerprint density at radius 1 is 1.22 bits per heavy atom. The predicted octanol–water partition coefficient (Wildman–Crippen LogP) is 4.44. The third-order valence-corrected chi connectivity index (χ3v) is 11.4. The van der Waals surface area contributed by atoms with Gasteiger partial charge in [0.15, 0.2) is 16.6 Å². The van der Waals surface area contributed by atoms with Gasteiger partial charge in [-0.1, -0.05) is 20.3 Å². The minimum atomic E-state index is -1.58. The van der Waals surface area contributed by atoms with E-state index in [0.29, 0.717) is 17.6 Å². The molecule has 0 aromatic carbocycles. The molecule has 0 spiro atoms. The van der Waals surface area contributed by atoms with Gasteiger partial charge in [-0.3, -0.25) is 4.79 Å². The summed E-state index contributed by atoms with van der Waals surface area (Å²) in [4.78, 5) is 12.4. The summed E-state index contributed by atoms with van der Waals surface area (Å²) in [6.45, 7) is 13.5. The van der Waals surface area contributed by atoms with Crippen molar-refractivity contribution in [3.63, 3.8) is 0 Å². The Balaban J connectivity index is 2.57. The van der Waals surface area contributed by atoms with Crippen molar-refractivity contribution in [2.75, 3.05) is 0 Å². The SMILES string of the molecule is CCC(C)CCC(=O)C1C[Si](C)(C)O[Si](C)(C)C1. The second-order valence-electron chi connectivity index (χ2n) is 7.25. The van der Waals surface area contributed by atoms with Gasteiger partial charge in [-0.2, -0.15) is 0 Å². The second-order valence-corrected chi connectivity index (χ2v) is 15.9. The Bertz CT molecular complexity index is 284. The largest absolute Gasteiger partial charge is 0.455 e.